The third-order valence-electron chi connectivity index (χ3n) is 5.06. The van der Waals surface area contributed by atoms with Crippen LogP contribution in [0.15, 0.2) is 71.6 Å². The van der Waals surface area contributed by atoms with E-state index in [1.54, 1.807) is 24.3 Å². The van der Waals surface area contributed by atoms with Crippen LogP contribution in [0.2, 0.25) is 5.02 Å². The minimum Gasteiger partial charge on any atom is -0.488 e. The van der Waals surface area contributed by atoms with Crippen LogP contribution in [0.3, 0.4) is 0 Å². The lowest BCUT2D eigenvalue weighted by Crippen LogP contribution is -2.27. The zero-order valence-electron chi connectivity index (χ0n) is 18.0. The molecule has 0 N–H and O–H groups in total. The van der Waals surface area contributed by atoms with Crippen LogP contribution in [0.25, 0.3) is 6.08 Å². The van der Waals surface area contributed by atoms with E-state index in [9.17, 15) is 28.1 Å². The molecule has 3 aromatic rings. The molecule has 1 amide bonds. The van der Waals surface area contributed by atoms with Crippen molar-refractivity contribution in [1.29, 1.82) is 0 Å². The Hall–Kier alpha value is -3.41. The lowest BCUT2D eigenvalue weighted by atomic mass is 10.1. The molecule has 1 aliphatic rings. The van der Waals surface area contributed by atoms with Gasteiger partial charge in [0.15, 0.2) is 4.32 Å². The molecule has 1 saturated heterocycles. The maximum absolute atomic E-state index is 13.2. The monoisotopic (exact) mass is 550 g/mol. The van der Waals surface area contributed by atoms with Gasteiger partial charge in [0, 0.05) is 28.3 Å². The molecule has 0 saturated carbocycles. The molecular weight excluding hydrogens is 537 g/mol. The van der Waals surface area contributed by atoms with Gasteiger partial charge in [0.05, 0.1) is 21.1 Å². The van der Waals surface area contributed by atoms with E-state index in [2.05, 4.69) is 0 Å². The molecule has 4 rings (SSSR count). The molecule has 6 nitrogen and oxygen atoms in total. The van der Waals surface area contributed by atoms with Crippen molar-refractivity contribution in [2.45, 2.75) is 12.8 Å². The second-order valence-corrected chi connectivity index (χ2v) is 9.51. The van der Waals surface area contributed by atoms with Crippen molar-refractivity contribution in [2.24, 2.45) is 0 Å². The molecule has 3 aromatic carbocycles. The summed E-state index contributed by atoms with van der Waals surface area (Å²) in [5.41, 5.74) is -0.295. The Morgan fingerprint density at radius 2 is 1.86 bits per heavy atom. The fourth-order valence-corrected chi connectivity index (χ4v) is 4.80. The molecule has 184 valence electrons. The summed E-state index contributed by atoms with van der Waals surface area (Å²) in [6.07, 6.45) is -3.23. The first-order valence-electron chi connectivity index (χ1n) is 10.1. The van der Waals surface area contributed by atoms with E-state index in [4.69, 9.17) is 28.6 Å². The van der Waals surface area contributed by atoms with Crippen molar-refractivity contribution in [3.8, 4) is 5.75 Å². The standard InChI is InChI=1S/C24H14ClF3N2O4S2/c25-19-7-2-1-4-14(19)13-34-20-9-8-18(30(32)33)10-15(20)11-21-22(31)29(23(35)36-21)17-6-3-5-16(12-17)24(26,27)28/h1-12H,13H2/b21-11-. The van der Waals surface area contributed by atoms with Gasteiger partial charge in [-0.2, -0.15) is 13.2 Å². The fourth-order valence-electron chi connectivity index (χ4n) is 3.32. The molecule has 0 spiro atoms. The van der Waals surface area contributed by atoms with Crippen LogP contribution in [0, 0.1) is 10.1 Å². The van der Waals surface area contributed by atoms with Crippen LogP contribution in [-0.4, -0.2) is 15.2 Å². The van der Waals surface area contributed by atoms with Gasteiger partial charge in [-0.05, 0) is 36.4 Å². The summed E-state index contributed by atoms with van der Waals surface area (Å²) in [5.74, 6) is -0.419. The van der Waals surface area contributed by atoms with Crippen molar-refractivity contribution in [3.63, 3.8) is 0 Å². The summed E-state index contributed by atoms with van der Waals surface area (Å²) in [5, 5.41) is 11.8. The molecule has 0 radical (unpaired) electrons. The summed E-state index contributed by atoms with van der Waals surface area (Å²) in [7, 11) is 0. The van der Waals surface area contributed by atoms with Gasteiger partial charge in [0.25, 0.3) is 11.6 Å². The summed E-state index contributed by atoms with van der Waals surface area (Å²) in [4.78, 5) is 24.9. The zero-order valence-corrected chi connectivity index (χ0v) is 20.4. The normalized spacial score (nSPS) is 15.0. The van der Waals surface area contributed by atoms with E-state index in [0.29, 0.717) is 10.6 Å². The maximum atomic E-state index is 13.2. The minimum absolute atomic E-state index is 0.0227. The number of thioether (sulfide) groups is 1. The molecule has 1 aliphatic heterocycles. The van der Waals surface area contributed by atoms with Gasteiger partial charge in [0.1, 0.15) is 12.4 Å². The van der Waals surface area contributed by atoms with Crippen molar-refractivity contribution in [3.05, 3.63) is 103 Å². The van der Waals surface area contributed by atoms with Gasteiger partial charge in [-0.25, -0.2) is 0 Å². The Balaban J connectivity index is 1.67. The molecule has 0 unspecified atom stereocenters. The number of amides is 1. The highest BCUT2D eigenvalue weighted by molar-refractivity contribution is 8.27. The first-order valence-corrected chi connectivity index (χ1v) is 11.7. The second-order valence-electron chi connectivity index (χ2n) is 7.42. The van der Waals surface area contributed by atoms with Gasteiger partial charge in [-0.3, -0.25) is 19.8 Å². The number of benzene rings is 3. The Kier molecular flexibility index (Phi) is 7.34. The molecule has 1 heterocycles. The van der Waals surface area contributed by atoms with E-state index in [0.717, 1.165) is 28.8 Å². The lowest BCUT2D eigenvalue weighted by Gasteiger charge is -2.16. The Labute approximate surface area is 217 Å². The summed E-state index contributed by atoms with van der Waals surface area (Å²) in [6, 6.07) is 15.1. The predicted octanol–water partition coefficient (Wildman–Crippen LogP) is 7.25. The van der Waals surface area contributed by atoms with Gasteiger partial charge >= 0.3 is 6.18 Å². The number of hydrogen-bond donors (Lipinski definition) is 0. The highest BCUT2D eigenvalue weighted by Crippen LogP contribution is 2.39. The number of nitrogens with zero attached hydrogens (tertiary/aromatic N) is 2. The number of nitro groups is 1. The van der Waals surface area contributed by atoms with Crippen LogP contribution in [0.5, 0.6) is 5.75 Å². The summed E-state index contributed by atoms with van der Waals surface area (Å²) >= 11 is 12.3. The van der Waals surface area contributed by atoms with Gasteiger partial charge < -0.3 is 4.74 Å². The van der Waals surface area contributed by atoms with Crippen molar-refractivity contribution >= 4 is 63.3 Å². The van der Waals surface area contributed by atoms with E-state index < -0.39 is 22.6 Å². The average Bonchev–Trinajstić information content (AvgIpc) is 3.11. The number of halogens is 4. The topological polar surface area (TPSA) is 72.7 Å². The van der Waals surface area contributed by atoms with E-state index in [1.165, 1.54) is 36.4 Å². The summed E-state index contributed by atoms with van der Waals surface area (Å²) in [6.45, 7) is 0.0590. The lowest BCUT2D eigenvalue weighted by molar-refractivity contribution is -0.384. The van der Waals surface area contributed by atoms with E-state index >= 15 is 0 Å². The molecule has 0 bridgehead atoms. The van der Waals surface area contributed by atoms with Crippen LogP contribution in [0.4, 0.5) is 24.5 Å². The predicted molar refractivity (Wildman–Crippen MR) is 136 cm³/mol. The molecule has 0 atom stereocenters. The first kappa shape index (κ1) is 25.7. The molecule has 36 heavy (non-hydrogen) atoms. The number of hydrogen-bond acceptors (Lipinski definition) is 6. The number of anilines is 1. The van der Waals surface area contributed by atoms with Crippen LogP contribution in [-0.2, 0) is 17.6 Å². The second kappa shape index (κ2) is 10.3. The highest BCUT2D eigenvalue weighted by atomic mass is 35.5. The van der Waals surface area contributed by atoms with Gasteiger partial charge in [-0.15, -0.1) is 0 Å². The van der Waals surface area contributed by atoms with Crippen molar-refractivity contribution in [2.75, 3.05) is 4.90 Å². The number of nitro benzene ring substituents is 1. The Bertz CT molecular complexity index is 1410. The Morgan fingerprint density at radius 3 is 2.56 bits per heavy atom. The highest BCUT2D eigenvalue weighted by Gasteiger charge is 2.36. The molecule has 0 aliphatic carbocycles. The zero-order chi connectivity index (χ0) is 26.0. The number of carbonyl (C=O) groups excluding carboxylic acids is 1. The number of carbonyl (C=O) groups is 1. The molecular formula is C24H14ClF3N2O4S2. The minimum atomic E-state index is -4.59. The fraction of sp³-hybridized carbons (Fsp3) is 0.0833. The average molecular weight is 551 g/mol. The maximum Gasteiger partial charge on any atom is 0.416 e. The first-order chi connectivity index (χ1) is 17.0. The number of thiocarbonyl (C=S) groups is 1. The van der Waals surface area contributed by atoms with Gasteiger partial charge in [-0.1, -0.05) is 59.8 Å². The number of non-ortho nitro benzene ring substituents is 1. The van der Waals surface area contributed by atoms with Crippen LogP contribution in [0.1, 0.15) is 16.7 Å². The summed E-state index contributed by atoms with van der Waals surface area (Å²) < 4.78 is 45.3. The molecule has 1 fully saturated rings. The van der Waals surface area contributed by atoms with Crippen LogP contribution >= 0.6 is 35.6 Å². The van der Waals surface area contributed by atoms with Crippen molar-refractivity contribution < 1.29 is 27.6 Å². The van der Waals surface area contributed by atoms with E-state index in [1.807, 2.05) is 0 Å². The largest absolute Gasteiger partial charge is 0.488 e. The molecule has 0 aromatic heterocycles. The quantitative estimate of drug-likeness (QED) is 0.139. The van der Waals surface area contributed by atoms with Gasteiger partial charge in [0.2, 0.25) is 0 Å². The molecule has 12 heteroatoms. The smallest absolute Gasteiger partial charge is 0.416 e. The SMILES string of the molecule is O=C1/C(=C/c2cc([N+](=O)[O-])ccc2OCc2ccccc2Cl)SC(=S)N1c1cccc(C(F)(F)F)c1. The third-order valence-corrected chi connectivity index (χ3v) is 6.73. The third kappa shape index (κ3) is 5.53. The van der Waals surface area contributed by atoms with Crippen LogP contribution < -0.4 is 9.64 Å². The van der Waals surface area contributed by atoms with E-state index in [-0.39, 0.29) is 38.5 Å². The Morgan fingerprint density at radius 1 is 1.11 bits per heavy atom. The number of alkyl halides is 3. The number of rotatable bonds is 6. The van der Waals surface area contributed by atoms with Crippen molar-refractivity contribution in [1.82, 2.24) is 0 Å². The number of ether oxygens (including phenoxy) is 1.